The van der Waals surface area contributed by atoms with Gasteiger partial charge in [0.2, 0.25) is 0 Å². The molecule has 12 heteroatoms. The summed E-state index contributed by atoms with van der Waals surface area (Å²) in [7, 11) is 0. The van der Waals surface area contributed by atoms with Gasteiger partial charge in [-0.3, -0.25) is 9.59 Å². The van der Waals surface area contributed by atoms with Gasteiger partial charge in [-0.1, -0.05) is 60.7 Å². The fraction of sp³-hybridized carbons (Fsp3) is 0.257. The molecule has 0 saturated carbocycles. The molecule has 2 aliphatic heterocycles. The molecular weight excluding hydrogens is 633 g/mol. The summed E-state index contributed by atoms with van der Waals surface area (Å²) in [5.74, 6) is -0.406. The van der Waals surface area contributed by atoms with Gasteiger partial charge >= 0.3 is 11.9 Å². The van der Waals surface area contributed by atoms with E-state index in [1.165, 1.54) is 0 Å². The first kappa shape index (κ1) is 30.7. The zero-order valence-corrected chi connectivity index (χ0v) is 27.0. The third-order valence-corrected chi connectivity index (χ3v) is 10.5. The van der Waals surface area contributed by atoms with Crippen molar-refractivity contribution in [3.8, 4) is 22.3 Å². The average molecular weight is 665 g/mol. The van der Waals surface area contributed by atoms with Crippen molar-refractivity contribution in [1.82, 2.24) is 19.9 Å². The largest absolute Gasteiger partial charge is 0.481 e. The topological polar surface area (TPSA) is 133 Å². The molecule has 238 valence electrons. The lowest BCUT2D eigenvalue weighted by Gasteiger charge is -2.32. The van der Waals surface area contributed by atoms with E-state index in [9.17, 15) is 19.8 Å². The number of carboxylic acids is 2. The van der Waals surface area contributed by atoms with E-state index in [4.69, 9.17) is 0 Å². The zero-order chi connectivity index (χ0) is 32.3. The Labute approximate surface area is 279 Å². The molecule has 47 heavy (non-hydrogen) atoms. The van der Waals surface area contributed by atoms with Crippen LogP contribution in [0.1, 0.15) is 19.3 Å². The first-order chi connectivity index (χ1) is 23.0. The summed E-state index contributed by atoms with van der Waals surface area (Å²) < 4.78 is 0. The molecule has 2 fully saturated rings. The zero-order valence-electron chi connectivity index (χ0n) is 25.4. The minimum Gasteiger partial charge on any atom is -0.481 e. The Morgan fingerprint density at radius 3 is 1.57 bits per heavy atom. The molecule has 2 atom stereocenters. The van der Waals surface area contributed by atoms with Crippen LogP contribution in [0.25, 0.3) is 42.7 Å². The van der Waals surface area contributed by atoms with Gasteiger partial charge in [-0.25, -0.2) is 19.9 Å². The second-order valence-corrected chi connectivity index (χ2v) is 13.4. The summed E-state index contributed by atoms with van der Waals surface area (Å²) in [6.45, 7) is 2.56. The van der Waals surface area contributed by atoms with Crippen LogP contribution in [0.15, 0.2) is 84.1 Å². The molecule has 0 radical (unpaired) electrons. The lowest BCUT2D eigenvalue weighted by molar-refractivity contribution is -0.142. The van der Waals surface area contributed by atoms with Crippen molar-refractivity contribution in [3.05, 3.63) is 84.1 Å². The van der Waals surface area contributed by atoms with Gasteiger partial charge in [0.25, 0.3) is 0 Å². The highest BCUT2D eigenvalue weighted by molar-refractivity contribution is 7.17. The van der Waals surface area contributed by atoms with Gasteiger partial charge in [0.15, 0.2) is 0 Å². The van der Waals surface area contributed by atoms with Crippen LogP contribution < -0.4 is 9.80 Å². The van der Waals surface area contributed by atoms with Crippen molar-refractivity contribution in [2.75, 3.05) is 36.0 Å². The molecule has 2 N–H and O–H groups in total. The van der Waals surface area contributed by atoms with Crippen molar-refractivity contribution in [2.24, 2.45) is 11.8 Å². The number of anilines is 2. The summed E-state index contributed by atoms with van der Waals surface area (Å²) in [5, 5.41) is 24.8. The molecule has 6 aromatic rings. The Hall–Kier alpha value is -4.94. The SMILES string of the molecule is O=C(O)C1CCCN(c2ncnc3scc(-c4ccccc4)c23)C1.O=C(O)C1CCN(c2ncnc3scc(-c4ccccc4)c23)C1. The number of carboxylic acid groups (broad SMARTS) is 2. The molecule has 2 saturated heterocycles. The molecule has 0 spiro atoms. The van der Waals surface area contributed by atoms with Gasteiger partial charge in [0, 0.05) is 48.1 Å². The number of carbonyl (C=O) groups is 2. The maximum Gasteiger partial charge on any atom is 0.308 e. The van der Waals surface area contributed by atoms with E-state index in [1.807, 2.05) is 36.4 Å². The molecule has 4 aromatic heterocycles. The highest BCUT2D eigenvalue weighted by Crippen LogP contribution is 2.40. The van der Waals surface area contributed by atoms with Crippen molar-refractivity contribution in [3.63, 3.8) is 0 Å². The quantitative estimate of drug-likeness (QED) is 0.193. The number of aliphatic carboxylic acids is 2. The second kappa shape index (κ2) is 13.4. The van der Waals surface area contributed by atoms with Crippen molar-refractivity contribution in [1.29, 1.82) is 0 Å². The lowest BCUT2D eigenvalue weighted by atomic mass is 9.97. The van der Waals surface area contributed by atoms with E-state index in [0.29, 0.717) is 26.1 Å². The van der Waals surface area contributed by atoms with Crippen LogP contribution in [0.5, 0.6) is 0 Å². The van der Waals surface area contributed by atoms with Crippen molar-refractivity contribution >= 4 is 66.7 Å². The summed E-state index contributed by atoms with van der Waals surface area (Å²) >= 11 is 3.19. The van der Waals surface area contributed by atoms with Gasteiger partial charge in [-0.2, -0.15) is 0 Å². The maximum atomic E-state index is 11.4. The summed E-state index contributed by atoms with van der Waals surface area (Å²) in [6, 6.07) is 20.4. The summed E-state index contributed by atoms with van der Waals surface area (Å²) in [4.78, 5) is 46.4. The van der Waals surface area contributed by atoms with Gasteiger partial charge < -0.3 is 20.0 Å². The van der Waals surface area contributed by atoms with Crippen LogP contribution in [0.3, 0.4) is 0 Å². The number of fused-ring (bicyclic) bond motifs is 2. The van der Waals surface area contributed by atoms with Gasteiger partial charge in [0.1, 0.15) is 34.0 Å². The Balaban J connectivity index is 0.000000150. The number of hydrogen-bond donors (Lipinski definition) is 2. The van der Waals surface area contributed by atoms with Crippen LogP contribution in [0, 0.1) is 11.8 Å². The minimum atomic E-state index is -0.730. The van der Waals surface area contributed by atoms with E-state index in [0.717, 1.165) is 73.7 Å². The highest BCUT2D eigenvalue weighted by atomic mass is 32.1. The molecule has 0 aliphatic carbocycles. The molecule has 6 heterocycles. The lowest BCUT2D eigenvalue weighted by Crippen LogP contribution is -2.39. The summed E-state index contributed by atoms with van der Waals surface area (Å²) in [5.41, 5.74) is 4.49. The van der Waals surface area contributed by atoms with Crippen LogP contribution in [-0.2, 0) is 9.59 Å². The molecule has 0 amide bonds. The highest BCUT2D eigenvalue weighted by Gasteiger charge is 2.31. The van der Waals surface area contributed by atoms with E-state index >= 15 is 0 Å². The predicted molar refractivity (Wildman–Crippen MR) is 186 cm³/mol. The first-order valence-corrected chi connectivity index (χ1v) is 17.2. The van der Waals surface area contributed by atoms with Crippen LogP contribution >= 0.6 is 22.7 Å². The van der Waals surface area contributed by atoms with Crippen molar-refractivity contribution in [2.45, 2.75) is 19.3 Å². The van der Waals surface area contributed by atoms with Gasteiger partial charge in [-0.15, -0.1) is 22.7 Å². The fourth-order valence-electron chi connectivity index (χ4n) is 6.38. The normalized spacial score (nSPS) is 17.9. The first-order valence-electron chi connectivity index (χ1n) is 15.5. The van der Waals surface area contributed by atoms with E-state index < -0.39 is 11.9 Å². The van der Waals surface area contributed by atoms with E-state index in [-0.39, 0.29) is 11.8 Å². The molecule has 2 aliphatic rings. The Bertz CT molecular complexity index is 2030. The summed E-state index contributed by atoms with van der Waals surface area (Å²) in [6.07, 6.45) is 5.40. The molecule has 10 nitrogen and oxygen atoms in total. The van der Waals surface area contributed by atoms with Crippen LogP contribution in [0.2, 0.25) is 0 Å². The fourth-order valence-corrected chi connectivity index (χ4v) is 8.20. The Morgan fingerprint density at radius 2 is 1.11 bits per heavy atom. The smallest absolute Gasteiger partial charge is 0.308 e. The number of thiophene rings is 2. The minimum absolute atomic E-state index is 0.321. The molecule has 2 aromatic carbocycles. The standard InChI is InChI=1S/C18H17N3O2S.C17H15N3O2S/c22-18(23)13-7-4-8-21(9-13)16-15-14(12-5-2-1-3-6-12)10-24-17(15)20-11-19-16;21-17(22)12-6-7-20(8-12)15-14-13(11-4-2-1-3-5-11)9-23-16(14)19-10-18-15/h1-3,5-6,10-11,13H,4,7-9H2,(H,22,23);1-5,9-10,12H,6-8H2,(H,21,22). The monoisotopic (exact) mass is 664 g/mol. The number of aromatic nitrogens is 4. The predicted octanol–water partition coefficient (Wildman–Crippen LogP) is 6.93. The van der Waals surface area contributed by atoms with E-state index in [2.05, 4.69) is 64.8 Å². The van der Waals surface area contributed by atoms with E-state index in [1.54, 1.807) is 35.3 Å². The molecule has 8 rings (SSSR count). The molecular formula is C35H32N6O4S2. The number of nitrogens with zero attached hydrogens (tertiary/aromatic N) is 6. The van der Waals surface area contributed by atoms with Crippen molar-refractivity contribution < 1.29 is 19.8 Å². The van der Waals surface area contributed by atoms with Gasteiger partial charge in [0.05, 0.1) is 22.6 Å². The second-order valence-electron chi connectivity index (χ2n) is 11.7. The number of benzene rings is 2. The maximum absolute atomic E-state index is 11.4. The molecule has 0 bridgehead atoms. The molecule has 2 unspecified atom stereocenters. The average Bonchev–Trinajstić information content (AvgIpc) is 3.88. The Morgan fingerprint density at radius 1 is 0.638 bits per heavy atom. The van der Waals surface area contributed by atoms with Crippen LogP contribution in [0.4, 0.5) is 11.6 Å². The Kier molecular flexibility index (Phi) is 8.77. The third kappa shape index (κ3) is 6.26. The third-order valence-electron chi connectivity index (χ3n) is 8.78. The number of piperidine rings is 1. The number of hydrogen-bond acceptors (Lipinski definition) is 10. The van der Waals surface area contributed by atoms with Gasteiger partial charge in [-0.05, 0) is 30.4 Å². The van der Waals surface area contributed by atoms with Crippen LogP contribution in [-0.4, -0.2) is 68.3 Å². The number of rotatable bonds is 6.